The monoisotopic (exact) mass is 342 g/mol. The van der Waals surface area contributed by atoms with Crippen LogP contribution in [0.15, 0.2) is 36.4 Å². The first kappa shape index (κ1) is 15.5. The van der Waals surface area contributed by atoms with Gasteiger partial charge in [0.05, 0.1) is 19.7 Å². The first-order valence-corrected chi connectivity index (χ1v) is 8.23. The number of hydrogen-bond acceptors (Lipinski definition) is 5. The third-order valence-corrected chi connectivity index (χ3v) is 4.17. The standard InChI is InChI=1S/C17H18N4O4/c22-16(14-9-15-21(19-14)7-4-8-24-15)18-10-13-11-20(17(23)25-13)12-5-2-1-3-6-12/h1-3,5-6,9,13H,4,7-8,10-11H2,(H,18,22). The van der Waals surface area contributed by atoms with E-state index in [2.05, 4.69) is 10.4 Å². The lowest BCUT2D eigenvalue weighted by Gasteiger charge is -2.13. The molecule has 0 bridgehead atoms. The normalized spacial score (nSPS) is 19.1. The number of nitrogens with one attached hydrogen (secondary N) is 1. The molecule has 1 saturated heterocycles. The lowest BCUT2D eigenvalue weighted by Crippen LogP contribution is -2.34. The molecule has 1 fully saturated rings. The average Bonchev–Trinajstić information content (AvgIpc) is 3.24. The zero-order valence-electron chi connectivity index (χ0n) is 13.6. The Hall–Kier alpha value is -3.03. The molecule has 2 aromatic rings. The number of carbonyl (C=O) groups excluding carboxylic acids is 2. The van der Waals surface area contributed by atoms with Gasteiger partial charge in [-0.2, -0.15) is 5.10 Å². The van der Waals surface area contributed by atoms with Gasteiger partial charge in [0.25, 0.3) is 5.91 Å². The van der Waals surface area contributed by atoms with E-state index in [0.717, 1.165) is 18.7 Å². The quantitative estimate of drug-likeness (QED) is 0.908. The second-order valence-corrected chi connectivity index (χ2v) is 5.95. The summed E-state index contributed by atoms with van der Waals surface area (Å²) in [5.74, 6) is 0.304. The Morgan fingerprint density at radius 2 is 2.16 bits per heavy atom. The number of fused-ring (bicyclic) bond motifs is 1. The van der Waals surface area contributed by atoms with E-state index in [-0.39, 0.29) is 12.5 Å². The zero-order valence-corrected chi connectivity index (χ0v) is 13.6. The molecule has 8 nitrogen and oxygen atoms in total. The minimum Gasteiger partial charge on any atom is -0.478 e. The number of nitrogens with zero attached hydrogens (tertiary/aromatic N) is 3. The van der Waals surface area contributed by atoms with Crippen LogP contribution < -0.4 is 15.0 Å². The van der Waals surface area contributed by atoms with Crippen molar-refractivity contribution in [2.75, 3.05) is 24.6 Å². The largest absolute Gasteiger partial charge is 0.478 e. The number of anilines is 1. The highest BCUT2D eigenvalue weighted by molar-refractivity contribution is 5.93. The minimum atomic E-state index is -0.406. The summed E-state index contributed by atoms with van der Waals surface area (Å²) >= 11 is 0. The van der Waals surface area contributed by atoms with Crippen LogP contribution in [0.25, 0.3) is 0 Å². The molecule has 0 spiro atoms. The maximum Gasteiger partial charge on any atom is 0.414 e. The topological polar surface area (TPSA) is 85.7 Å². The molecule has 1 atom stereocenters. The smallest absolute Gasteiger partial charge is 0.414 e. The van der Waals surface area contributed by atoms with Gasteiger partial charge in [-0.05, 0) is 12.1 Å². The third kappa shape index (κ3) is 3.15. The van der Waals surface area contributed by atoms with E-state index in [1.54, 1.807) is 15.6 Å². The van der Waals surface area contributed by atoms with Gasteiger partial charge in [-0.1, -0.05) is 18.2 Å². The van der Waals surface area contributed by atoms with E-state index in [1.807, 2.05) is 30.3 Å². The molecule has 130 valence electrons. The zero-order chi connectivity index (χ0) is 17.2. The fraction of sp³-hybridized carbons (Fsp3) is 0.353. The molecule has 4 rings (SSSR count). The molecule has 2 aliphatic rings. The van der Waals surface area contributed by atoms with Crippen LogP contribution in [-0.4, -0.2) is 47.6 Å². The average molecular weight is 342 g/mol. The number of hydrogen-bond donors (Lipinski definition) is 1. The maximum atomic E-state index is 12.3. The van der Waals surface area contributed by atoms with Gasteiger partial charge >= 0.3 is 6.09 Å². The van der Waals surface area contributed by atoms with Crippen molar-refractivity contribution in [1.82, 2.24) is 15.1 Å². The van der Waals surface area contributed by atoms with Gasteiger partial charge in [0.1, 0.15) is 6.10 Å². The second kappa shape index (κ2) is 6.46. The molecule has 2 amide bonds. The highest BCUT2D eigenvalue weighted by Gasteiger charge is 2.32. The van der Waals surface area contributed by atoms with Crippen molar-refractivity contribution in [2.24, 2.45) is 0 Å². The summed E-state index contributed by atoms with van der Waals surface area (Å²) in [6.45, 7) is 2.01. The van der Waals surface area contributed by atoms with Crippen LogP contribution in [0.5, 0.6) is 5.88 Å². The molecule has 0 saturated carbocycles. The van der Waals surface area contributed by atoms with E-state index < -0.39 is 12.2 Å². The van der Waals surface area contributed by atoms with Crippen LogP contribution in [0.4, 0.5) is 10.5 Å². The van der Waals surface area contributed by atoms with Gasteiger partial charge in [0.15, 0.2) is 5.69 Å². The minimum absolute atomic E-state index is 0.233. The molecular weight excluding hydrogens is 324 g/mol. The van der Waals surface area contributed by atoms with Crippen molar-refractivity contribution < 1.29 is 19.1 Å². The van der Waals surface area contributed by atoms with Crippen LogP contribution in [0.3, 0.4) is 0 Å². The number of cyclic esters (lactones) is 1. The summed E-state index contributed by atoms with van der Waals surface area (Å²) in [4.78, 5) is 25.8. The first-order chi connectivity index (χ1) is 12.2. The fourth-order valence-corrected chi connectivity index (χ4v) is 2.92. The van der Waals surface area contributed by atoms with Crippen molar-refractivity contribution in [3.63, 3.8) is 0 Å². The second-order valence-electron chi connectivity index (χ2n) is 5.95. The number of ether oxygens (including phenoxy) is 2. The molecule has 1 unspecified atom stereocenters. The number of para-hydroxylation sites is 1. The van der Waals surface area contributed by atoms with E-state index in [9.17, 15) is 9.59 Å². The lowest BCUT2D eigenvalue weighted by atomic mass is 10.2. The van der Waals surface area contributed by atoms with Crippen LogP contribution in [0.2, 0.25) is 0 Å². The van der Waals surface area contributed by atoms with Crippen molar-refractivity contribution in [3.8, 4) is 5.88 Å². The summed E-state index contributed by atoms with van der Waals surface area (Å²) in [6.07, 6.45) is 0.0738. The fourth-order valence-electron chi connectivity index (χ4n) is 2.92. The Kier molecular flexibility index (Phi) is 4.01. The van der Waals surface area contributed by atoms with Crippen LogP contribution in [0.1, 0.15) is 16.9 Å². The molecule has 1 aromatic heterocycles. The van der Waals surface area contributed by atoms with E-state index >= 15 is 0 Å². The van der Waals surface area contributed by atoms with E-state index in [4.69, 9.17) is 9.47 Å². The van der Waals surface area contributed by atoms with Crippen molar-refractivity contribution in [1.29, 1.82) is 0 Å². The molecule has 0 aliphatic carbocycles. The maximum absolute atomic E-state index is 12.3. The highest BCUT2D eigenvalue weighted by atomic mass is 16.6. The lowest BCUT2D eigenvalue weighted by molar-refractivity contribution is 0.0910. The van der Waals surface area contributed by atoms with Crippen LogP contribution in [-0.2, 0) is 11.3 Å². The van der Waals surface area contributed by atoms with Crippen molar-refractivity contribution >= 4 is 17.7 Å². The van der Waals surface area contributed by atoms with Gasteiger partial charge in [-0.25, -0.2) is 9.48 Å². The predicted octanol–water partition coefficient (Wildman–Crippen LogP) is 1.42. The van der Waals surface area contributed by atoms with Gasteiger partial charge in [0, 0.05) is 24.7 Å². The molecule has 2 aliphatic heterocycles. The number of aryl methyl sites for hydroxylation is 1. The molecule has 3 heterocycles. The number of aromatic nitrogens is 2. The number of rotatable bonds is 4. The van der Waals surface area contributed by atoms with Crippen molar-refractivity contribution in [2.45, 2.75) is 19.1 Å². The summed E-state index contributed by atoms with van der Waals surface area (Å²) in [5, 5.41) is 7.00. The summed E-state index contributed by atoms with van der Waals surface area (Å²) in [7, 11) is 0. The Bertz CT molecular complexity index is 766. The molecule has 25 heavy (non-hydrogen) atoms. The van der Waals surface area contributed by atoms with Gasteiger partial charge in [-0.3, -0.25) is 9.69 Å². The summed E-state index contributed by atoms with van der Waals surface area (Å²) in [6, 6.07) is 10.9. The molecule has 1 aromatic carbocycles. The van der Waals surface area contributed by atoms with Crippen molar-refractivity contribution in [3.05, 3.63) is 42.1 Å². The Balaban J connectivity index is 1.35. The van der Waals surface area contributed by atoms with Gasteiger partial charge in [-0.15, -0.1) is 0 Å². The Morgan fingerprint density at radius 3 is 2.96 bits per heavy atom. The third-order valence-electron chi connectivity index (χ3n) is 4.17. The summed E-state index contributed by atoms with van der Waals surface area (Å²) in [5.41, 5.74) is 1.08. The number of benzene rings is 1. The van der Waals surface area contributed by atoms with Gasteiger partial charge in [0.2, 0.25) is 5.88 Å². The van der Waals surface area contributed by atoms with Gasteiger partial charge < -0.3 is 14.8 Å². The molecule has 8 heteroatoms. The highest BCUT2D eigenvalue weighted by Crippen LogP contribution is 2.21. The SMILES string of the molecule is O=C(NCC1CN(c2ccccc2)C(=O)O1)c1cc2n(n1)CCCO2. The summed E-state index contributed by atoms with van der Waals surface area (Å²) < 4.78 is 12.5. The molecule has 0 radical (unpaired) electrons. The van der Waals surface area contributed by atoms with E-state index in [1.165, 1.54) is 0 Å². The first-order valence-electron chi connectivity index (χ1n) is 8.23. The molecular formula is C17H18N4O4. The van der Waals surface area contributed by atoms with Crippen LogP contribution in [0, 0.1) is 0 Å². The predicted molar refractivity (Wildman–Crippen MR) is 88.7 cm³/mol. The van der Waals surface area contributed by atoms with E-state index in [0.29, 0.717) is 24.7 Å². The number of carbonyl (C=O) groups is 2. The Labute approximate surface area is 144 Å². The number of amides is 2. The molecule has 1 N–H and O–H groups in total. The Morgan fingerprint density at radius 1 is 1.32 bits per heavy atom. The van der Waals surface area contributed by atoms with Crippen LogP contribution >= 0.6 is 0 Å².